The van der Waals surface area contributed by atoms with Crippen molar-refractivity contribution in [2.75, 3.05) is 6.61 Å². The number of ether oxygens (including phenoxy) is 1. The minimum absolute atomic E-state index is 0. The molecule has 0 saturated carbocycles. The van der Waals surface area contributed by atoms with Gasteiger partial charge < -0.3 is 9.72 Å². The quantitative estimate of drug-likeness (QED) is 0.168. The van der Waals surface area contributed by atoms with Crippen LogP contribution >= 0.6 is 0 Å². The van der Waals surface area contributed by atoms with Gasteiger partial charge in [0, 0.05) is 43.4 Å². The van der Waals surface area contributed by atoms with Crippen molar-refractivity contribution in [1.82, 2.24) is 34.5 Å². The normalized spacial score (nSPS) is 9.59. The molecule has 41 heavy (non-hydrogen) atoms. The van der Waals surface area contributed by atoms with Crippen molar-refractivity contribution in [2.24, 2.45) is 0 Å². The molecule has 0 aliphatic carbocycles. The van der Waals surface area contributed by atoms with E-state index in [1.165, 1.54) is 11.1 Å². The second-order valence-electron chi connectivity index (χ2n) is 8.43. The van der Waals surface area contributed by atoms with Gasteiger partial charge in [0.15, 0.2) is 11.6 Å². The number of aromatic nitrogens is 7. The summed E-state index contributed by atoms with van der Waals surface area (Å²) in [5.41, 5.74) is 4.15. The van der Waals surface area contributed by atoms with E-state index < -0.39 is 0 Å². The Bertz CT molecular complexity index is 1560. The van der Waals surface area contributed by atoms with Crippen molar-refractivity contribution in [2.45, 2.75) is 13.8 Å². The molecule has 0 fully saturated rings. The summed E-state index contributed by atoms with van der Waals surface area (Å²) in [6.45, 7) is 4.34. The molecule has 5 aromatic heterocycles. The van der Waals surface area contributed by atoms with E-state index in [0.29, 0.717) is 0 Å². The Kier molecular flexibility index (Phi) is 12.1. The molecule has 0 unspecified atom stereocenters. The van der Waals surface area contributed by atoms with Crippen molar-refractivity contribution in [1.29, 1.82) is 0 Å². The molecule has 5 heterocycles. The SMILES string of the molecule is C#CCOc1ccnc(-c2[c-]cccc2)c1.Cc1ccnc(-n2cccn2)c1.Cc1ccnc(-n2cccn2)c1.[Os+]. The molecular formula is C32H28N7OOs. The molecule has 1 aromatic carbocycles. The van der Waals surface area contributed by atoms with Crippen molar-refractivity contribution in [3.63, 3.8) is 0 Å². The third kappa shape index (κ3) is 9.65. The molecule has 6 rings (SSSR count). The van der Waals surface area contributed by atoms with E-state index in [4.69, 9.17) is 11.2 Å². The second-order valence-corrected chi connectivity index (χ2v) is 8.43. The van der Waals surface area contributed by atoms with Gasteiger partial charge in [0.2, 0.25) is 0 Å². The summed E-state index contributed by atoms with van der Waals surface area (Å²) in [5.74, 6) is 4.87. The van der Waals surface area contributed by atoms with Gasteiger partial charge in [-0.25, -0.2) is 19.3 Å². The van der Waals surface area contributed by atoms with Crippen LogP contribution in [0.3, 0.4) is 0 Å². The summed E-state index contributed by atoms with van der Waals surface area (Å²) in [5, 5.41) is 8.16. The zero-order valence-electron chi connectivity index (χ0n) is 22.6. The Labute approximate surface area is 253 Å². The number of pyridine rings is 3. The van der Waals surface area contributed by atoms with Crippen LogP contribution in [0, 0.1) is 32.3 Å². The number of terminal acetylenes is 1. The summed E-state index contributed by atoms with van der Waals surface area (Å²) in [6, 6.07) is 26.1. The zero-order valence-corrected chi connectivity index (χ0v) is 25.2. The van der Waals surface area contributed by atoms with Crippen LogP contribution in [0.25, 0.3) is 22.9 Å². The van der Waals surface area contributed by atoms with Crippen molar-refractivity contribution < 1.29 is 24.5 Å². The van der Waals surface area contributed by atoms with Gasteiger partial charge in [-0.15, -0.1) is 42.3 Å². The molecule has 0 N–H and O–H groups in total. The smallest absolute Gasteiger partial charge is 0.482 e. The molecule has 0 bridgehead atoms. The fourth-order valence-electron chi connectivity index (χ4n) is 3.43. The van der Waals surface area contributed by atoms with E-state index in [1.54, 1.807) is 46.4 Å². The number of nitrogens with zero attached hydrogens (tertiary/aromatic N) is 7. The third-order valence-electron chi connectivity index (χ3n) is 5.32. The molecule has 1 radical (unpaired) electrons. The monoisotopic (exact) mass is 718 g/mol. The predicted octanol–water partition coefficient (Wildman–Crippen LogP) is 5.71. The zero-order chi connectivity index (χ0) is 28.0. The molecule has 0 saturated heterocycles. The van der Waals surface area contributed by atoms with Gasteiger partial charge in [0.05, 0.1) is 0 Å². The van der Waals surface area contributed by atoms with Gasteiger partial charge in [-0.1, -0.05) is 5.92 Å². The van der Waals surface area contributed by atoms with Crippen LogP contribution < -0.4 is 4.74 Å². The minimum atomic E-state index is 0. The van der Waals surface area contributed by atoms with E-state index in [-0.39, 0.29) is 26.4 Å². The molecule has 0 atom stereocenters. The van der Waals surface area contributed by atoms with E-state index in [9.17, 15) is 0 Å². The van der Waals surface area contributed by atoms with E-state index in [1.807, 2.05) is 93.0 Å². The molecule has 6 aromatic rings. The van der Waals surface area contributed by atoms with E-state index >= 15 is 0 Å². The van der Waals surface area contributed by atoms with Gasteiger partial charge in [-0.3, -0.25) is 0 Å². The Balaban J connectivity index is 0.000000169. The first-order chi connectivity index (χ1) is 19.6. The van der Waals surface area contributed by atoms with Gasteiger partial charge in [-0.2, -0.15) is 10.2 Å². The fourth-order valence-corrected chi connectivity index (χ4v) is 3.43. The summed E-state index contributed by atoms with van der Waals surface area (Å²) in [7, 11) is 0. The number of benzene rings is 1. The van der Waals surface area contributed by atoms with Crippen LogP contribution in [0.4, 0.5) is 0 Å². The molecule has 9 heteroatoms. The molecule has 8 nitrogen and oxygen atoms in total. The maximum atomic E-state index is 5.33. The first-order valence-corrected chi connectivity index (χ1v) is 12.5. The first kappa shape index (κ1) is 30.6. The first-order valence-electron chi connectivity index (χ1n) is 12.5. The summed E-state index contributed by atoms with van der Waals surface area (Å²) < 4.78 is 8.81. The Morgan fingerprint density at radius 2 is 1.37 bits per heavy atom. The largest absolute Gasteiger partial charge is 1.00 e. The van der Waals surface area contributed by atoms with E-state index in [0.717, 1.165) is 28.6 Å². The maximum Gasteiger partial charge on any atom is 1.00 e. The predicted molar refractivity (Wildman–Crippen MR) is 155 cm³/mol. The Morgan fingerprint density at radius 3 is 1.85 bits per heavy atom. The molecule has 0 aliphatic rings. The average molecular weight is 717 g/mol. The summed E-state index contributed by atoms with van der Waals surface area (Å²) in [6.07, 6.45) is 17.6. The van der Waals surface area contributed by atoms with Crippen LogP contribution in [0.2, 0.25) is 0 Å². The van der Waals surface area contributed by atoms with Crippen LogP contribution in [0.15, 0.2) is 116 Å². The molecular weight excluding hydrogens is 689 g/mol. The van der Waals surface area contributed by atoms with Gasteiger partial charge in [-0.05, 0) is 79.2 Å². The fraction of sp³-hybridized carbons (Fsp3) is 0.0938. The van der Waals surface area contributed by atoms with Gasteiger partial charge in [0.1, 0.15) is 12.4 Å². The molecule has 0 aliphatic heterocycles. The Morgan fingerprint density at radius 1 is 0.756 bits per heavy atom. The number of rotatable bonds is 5. The number of hydrogen-bond donors (Lipinski definition) is 0. The van der Waals surface area contributed by atoms with Crippen molar-refractivity contribution in [3.8, 4) is 41.0 Å². The van der Waals surface area contributed by atoms with Gasteiger partial charge >= 0.3 is 19.8 Å². The third-order valence-corrected chi connectivity index (χ3v) is 5.32. The number of hydrogen-bond acceptors (Lipinski definition) is 6. The van der Waals surface area contributed by atoms with E-state index in [2.05, 4.69) is 37.1 Å². The molecule has 205 valence electrons. The summed E-state index contributed by atoms with van der Waals surface area (Å²) in [4.78, 5) is 12.6. The summed E-state index contributed by atoms with van der Waals surface area (Å²) >= 11 is 0. The van der Waals surface area contributed by atoms with Crippen LogP contribution in [-0.4, -0.2) is 41.1 Å². The average Bonchev–Trinajstić information content (AvgIpc) is 3.73. The topological polar surface area (TPSA) is 83.5 Å². The van der Waals surface area contributed by atoms with Crippen LogP contribution in [0.5, 0.6) is 5.75 Å². The van der Waals surface area contributed by atoms with Crippen molar-refractivity contribution >= 4 is 0 Å². The minimum Gasteiger partial charge on any atom is -0.482 e. The standard InChI is InChI=1S/C14H10NO.2C9H9N3.Os/c1-2-10-16-13-8-9-15-14(11-13)12-6-4-3-5-7-12;2*1-8-3-5-10-9(7-8)12-6-2-4-11-12;/h1,3-6,8-9,11H,10H2;2*2-7H,1H3;/q-1;;;+1. The maximum absolute atomic E-state index is 5.33. The second kappa shape index (κ2) is 16.3. The number of aryl methyl sites for hydroxylation is 2. The van der Waals surface area contributed by atoms with Gasteiger partial charge in [0.25, 0.3) is 0 Å². The molecule has 0 amide bonds. The Hall–Kier alpha value is -4.91. The van der Waals surface area contributed by atoms with Crippen molar-refractivity contribution in [3.05, 3.63) is 133 Å². The van der Waals surface area contributed by atoms with Crippen LogP contribution in [-0.2, 0) is 19.8 Å². The van der Waals surface area contributed by atoms with Crippen LogP contribution in [0.1, 0.15) is 11.1 Å². The molecule has 0 spiro atoms.